The van der Waals surface area contributed by atoms with Crippen LogP contribution in [-0.4, -0.2) is 22.7 Å². The summed E-state index contributed by atoms with van der Waals surface area (Å²) in [6.07, 6.45) is 1.15. The maximum atomic E-state index is 12.6. The molecule has 4 rings (SSSR count). The lowest BCUT2D eigenvalue weighted by Crippen LogP contribution is -2.34. The van der Waals surface area contributed by atoms with Gasteiger partial charge in [-0.1, -0.05) is 62.4 Å². The Morgan fingerprint density at radius 2 is 1.61 bits per heavy atom. The average Bonchev–Trinajstić information content (AvgIpc) is 3.14. The zero-order valence-electron chi connectivity index (χ0n) is 18.2. The van der Waals surface area contributed by atoms with Crippen LogP contribution >= 0.6 is 0 Å². The predicted molar refractivity (Wildman–Crippen MR) is 126 cm³/mol. The van der Waals surface area contributed by atoms with Crippen LogP contribution in [0.25, 0.3) is 21.7 Å². The number of fused-ring (bicyclic) bond motifs is 2. The molecule has 0 saturated heterocycles. The Morgan fingerprint density at radius 1 is 0.871 bits per heavy atom. The summed E-state index contributed by atoms with van der Waals surface area (Å²) < 4.78 is 0. The molecule has 0 aliphatic rings. The van der Waals surface area contributed by atoms with Gasteiger partial charge in [-0.3, -0.25) is 9.59 Å². The topological polar surface area (TPSA) is 62.0 Å². The molecule has 1 unspecified atom stereocenters. The molecule has 0 aliphatic heterocycles. The van der Waals surface area contributed by atoms with Gasteiger partial charge < -0.3 is 10.3 Å². The molecule has 1 heterocycles. The standard InChI is InChI=1S/C27H28N2O2/c1-17(2)26(30)12-18(3)28-27(31)23-11-10-22-15-24(29-25(22)16-23)14-19-8-9-20-6-4-5-7-21(20)13-19/h4-11,13,15-18,29H,12,14H2,1-3H3,(H,28,31). The maximum Gasteiger partial charge on any atom is 0.251 e. The van der Waals surface area contributed by atoms with E-state index in [-0.39, 0.29) is 23.7 Å². The zero-order valence-corrected chi connectivity index (χ0v) is 18.2. The van der Waals surface area contributed by atoms with Crippen LogP contribution in [0.4, 0.5) is 0 Å². The first-order valence-electron chi connectivity index (χ1n) is 10.8. The van der Waals surface area contributed by atoms with Gasteiger partial charge >= 0.3 is 0 Å². The van der Waals surface area contributed by atoms with Crippen LogP contribution in [-0.2, 0) is 11.2 Å². The first-order valence-corrected chi connectivity index (χ1v) is 10.8. The van der Waals surface area contributed by atoms with Crippen molar-refractivity contribution >= 4 is 33.4 Å². The van der Waals surface area contributed by atoms with E-state index in [1.165, 1.54) is 16.3 Å². The normalized spacial score (nSPS) is 12.4. The van der Waals surface area contributed by atoms with Crippen molar-refractivity contribution in [3.05, 3.63) is 83.6 Å². The molecule has 0 saturated carbocycles. The summed E-state index contributed by atoms with van der Waals surface area (Å²) in [5, 5.41) is 6.49. The molecule has 0 radical (unpaired) electrons. The number of carbonyl (C=O) groups excluding carboxylic acids is 2. The van der Waals surface area contributed by atoms with Crippen molar-refractivity contribution in [2.24, 2.45) is 5.92 Å². The Morgan fingerprint density at radius 3 is 2.39 bits per heavy atom. The van der Waals surface area contributed by atoms with Crippen molar-refractivity contribution in [1.29, 1.82) is 0 Å². The van der Waals surface area contributed by atoms with Crippen molar-refractivity contribution in [3.63, 3.8) is 0 Å². The highest BCUT2D eigenvalue weighted by Gasteiger charge is 2.16. The fourth-order valence-corrected chi connectivity index (χ4v) is 3.89. The molecule has 2 N–H and O–H groups in total. The third kappa shape index (κ3) is 4.85. The number of hydrogen-bond acceptors (Lipinski definition) is 2. The zero-order chi connectivity index (χ0) is 22.0. The predicted octanol–water partition coefficient (Wildman–Crippen LogP) is 5.65. The van der Waals surface area contributed by atoms with E-state index in [0.717, 1.165) is 23.0 Å². The van der Waals surface area contributed by atoms with Crippen LogP contribution in [0.2, 0.25) is 0 Å². The quantitative estimate of drug-likeness (QED) is 0.412. The maximum absolute atomic E-state index is 12.6. The van der Waals surface area contributed by atoms with E-state index in [9.17, 15) is 9.59 Å². The van der Waals surface area contributed by atoms with Gasteiger partial charge in [-0.25, -0.2) is 0 Å². The van der Waals surface area contributed by atoms with Gasteiger partial charge in [0.25, 0.3) is 5.91 Å². The average molecular weight is 413 g/mol. The van der Waals surface area contributed by atoms with Crippen molar-refractivity contribution in [2.75, 3.05) is 0 Å². The fraction of sp³-hybridized carbons (Fsp3) is 0.259. The van der Waals surface area contributed by atoms with Gasteiger partial charge in [-0.15, -0.1) is 0 Å². The molecule has 4 aromatic rings. The third-order valence-corrected chi connectivity index (χ3v) is 5.68. The highest BCUT2D eigenvalue weighted by Crippen LogP contribution is 2.22. The molecule has 3 aromatic carbocycles. The van der Waals surface area contributed by atoms with Gasteiger partial charge in [-0.05, 0) is 46.8 Å². The Bertz CT molecular complexity index is 1250. The summed E-state index contributed by atoms with van der Waals surface area (Å²) in [4.78, 5) is 28.0. The Labute approximate surface area is 182 Å². The molecule has 1 aromatic heterocycles. The van der Waals surface area contributed by atoms with Crippen LogP contribution in [0.3, 0.4) is 0 Å². The lowest BCUT2D eigenvalue weighted by atomic mass is 10.0. The Balaban J connectivity index is 1.48. The summed E-state index contributed by atoms with van der Waals surface area (Å²) in [6, 6.07) is 22.5. The first-order chi connectivity index (χ1) is 14.9. The summed E-state index contributed by atoms with van der Waals surface area (Å²) in [5.74, 6) is -0.0155. The summed E-state index contributed by atoms with van der Waals surface area (Å²) in [7, 11) is 0. The Kier molecular flexibility index (Phi) is 5.90. The van der Waals surface area contributed by atoms with E-state index >= 15 is 0 Å². The number of carbonyl (C=O) groups is 2. The minimum Gasteiger partial charge on any atom is -0.358 e. The molecule has 0 spiro atoms. The van der Waals surface area contributed by atoms with E-state index in [0.29, 0.717) is 12.0 Å². The van der Waals surface area contributed by atoms with Gasteiger partial charge in [0.15, 0.2) is 0 Å². The molecule has 1 amide bonds. The van der Waals surface area contributed by atoms with E-state index in [2.05, 4.69) is 58.8 Å². The van der Waals surface area contributed by atoms with E-state index in [1.807, 2.05) is 39.0 Å². The van der Waals surface area contributed by atoms with Gasteiger partial charge in [0.05, 0.1) is 0 Å². The largest absolute Gasteiger partial charge is 0.358 e. The number of benzene rings is 3. The van der Waals surface area contributed by atoms with Crippen LogP contribution in [0, 0.1) is 5.92 Å². The molecule has 1 atom stereocenters. The van der Waals surface area contributed by atoms with Gasteiger partial charge in [0.1, 0.15) is 5.78 Å². The van der Waals surface area contributed by atoms with Gasteiger partial charge in [-0.2, -0.15) is 0 Å². The number of hydrogen-bond donors (Lipinski definition) is 2. The lowest BCUT2D eigenvalue weighted by Gasteiger charge is -2.14. The lowest BCUT2D eigenvalue weighted by molar-refractivity contribution is -0.122. The SMILES string of the molecule is CC(CC(=O)C(C)C)NC(=O)c1ccc2cc(Cc3ccc4ccccc4c3)[nH]c2c1. The number of aromatic nitrogens is 1. The van der Waals surface area contributed by atoms with Crippen LogP contribution in [0.15, 0.2) is 66.7 Å². The van der Waals surface area contributed by atoms with E-state index in [4.69, 9.17) is 0 Å². The molecule has 158 valence electrons. The number of rotatable bonds is 7. The van der Waals surface area contributed by atoms with E-state index in [1.54, 1.807) is 0 Å². The van der Waals surface area contributed by atoms with Crippen molar-refractivity contribution in [1.82, 2.24) is 10.3 Å². The third-order valence-electron chi connectivity index (χ3n) is 5.68. The van der Waals surface area contributed by atoms with Crippen molar-refractivity contribution < 1.29 is 9.59 Å². The van der Waals surface area contributed by atoms with Gasteiger partial charge in [0.2, 0.25) is 0 Å². The van der Waals surface area contributed by atoms with Crippen LogP contribution in [0.1, 0.15) is 48.8 Å². The van der Waals surface area contributed by atoms with Crippen LogP contribution in [0.5, 0.6) is 0 Å². The molecule has 31 heavy (non-hydrogen) atoms. The van der Waals surface area contributed by atoms with Crippen molar-refractivity contribution in [3.8, 4) is 0 Å². The molecule has 4 nitrogen and oxygen atoms in total. The molecule has 4 heteroatoms. The molecule has 0 fully saturated rings. The van der Waals surface area contributed by atoms with Gasteiger partial charge in [0, 0.05) is 41.6 Å². The Hall–Kier alpha value is -3.40. The molecule has 0 bridgehead atoms. The number of H-pyrrole nitrogens is 1. The number of aromatic amines is 1. The minimum absolute atomic E-state index is 0.0179. The number of amides is 1. The molecule has 0 aliphatic carbocycles. The van der Waals surface area contributed by atoms with E-state index < -0.39 is 0 Å². The number of nitrogens with one attached hydrogen (secondary N) is 2. The minimum atomic E-state index is -0.190. The smallest absolute Gasteiger partial charge is 0.251 e. The highest BCUT2D eigenvalue weighted by atomic mass is 16.2. The monoisotopic (exact) mass is 412 g/mol. The van der Waals surface area contributed by atoms with Crippen molar-refractivity contribution in [2.45, 2.75) is 39.7 Å². The van der Waals surface area contributed by atoms with Crippen LogP contribution < -0.4 is 5.32 Å². The summed E-state index contributed by atoms with van der Waals surface area (Å²) >= 11 is 0. The second-order valence-electron chi connectivity index (χ2n) is 8.65. The number of ketones is 1. The summed E-state index contributed by atoms with van der Waals surface area (Å²) in [5.41, 5.74) is 3.88. The summed E-state index contributed by atoms with van der Waals surface area (Å²) in [6.45, 7) is 5.63. The number of Topliss-reactive ketones (excluding diaryl/α,β-unsaturated/α-hetero) is 1. The fourth-order valence-electron chi connectivity index (χ4n) is 3.89. The highest BCUT2D eigenvalue weighted by molar-refractivity contribution is 5.98. The second kappa shape index (κ2) is 8.76. The second-order valence-corrected chi connectivity index (χ2v) is 8.65. The molecular formula is C27H28N2O2. The molecular weight excluding hydrogens is 384 g/mol. The first kappa shape index (κ1) is 20.9.